The highest BCUT2D eigenvalue weighted by molar-refractivity contribution is 5.87. The second-order valence-electron chi connectivity index (χ2n) is 4.09. The summed E-state index contributed by atoms with van der Waals surface area (Å²) in [5.41, 5.74) is 1.08. The van der Waals surface area contributed by atoms with Gasteiger partial charge in [-0.3, -0.25) is 4.79 Å². The molecule has 0 saturated carbocycles. The number of likely N-dealkylation sites (N-methyl/N-ethyl adjacent to an activating group) is 1. The molecule has 0 atom stereocenters. The molecule has 2 heteroatoms. The first-order valence-electron chi connectivity index (χ1n) is 5.36. The summed E-state index contributed by atoms with van der Waals surface area (Å²) in [5.74, 6) is 0.177. The van der Waals surface area contributed by atoms with Gasteiger partial charge in [0.15, 0.2) is 0 Å². The third kappa shape index (κ3) is 2.22. The maximum atomic E-state index is 11.0. The Bertz CT molecular complexity index is 519. The van der Waals surface area contributed by atoms with Gasteiger partial charge < -0.3 is 4.90 Å². The summed E-state index contributed by atoms with van der Waals surface area (Å²) in [5, 5.41) is 2.43. The minimum Gasteiger partial charge on any atom is -0.367 e. The Kier molecular flexibility index (Phi) is 2.91. The highest BCUT2D eigenvalue weighted by atomic mass is 16.1. The van der Waals surface area contributed by atoms with Gasteiger partial charge in [-0.2, -0.15) is 0 Å². The van der Waals surface area contributed by atoms with Crippen LogP contribution in [0.25, 0.3) is 10.8 Å². The van der Waals surface area contributed by atoms with Crippen LogP contribution in [-0.4, -0.2) is 19.4 Å². The van der Waals surface area contributed by atoms with Crippen molar-refractivity contribution in [2.45, 2.75) is 6.92 Å². The average molecular weight is 213 g/mol. The number of hydrogen-bond acceptors (Lipinski definition) is 2. The van der Waals surface area contributed by atoms with E-state index in [0.717, 1.165) is 5.69 Å². The van der Waals surface area contributed by atoms with Crippen LogP contribution >= 0.6 is 0 Å². The fourth-order valence-electron chi connectivity index (χ4n) is 1.84. The van der Waals surface area contributed by atoms with Gasteiger partial charge in [0.1, 0.15) is 5.78 Å². The molecular formula is C14H15NO. The number of carbonyl (C=O) groups is 1. The molecule has 0 radical (unpaired) electrons. The summed E-state index contributed by atoms with van der Waals surface area (Å²) in [6.07, 6.45) is 0. The van der Waals surface area contributed by atoms with Gasteiger partial charge in [0, 0.05) is 12.7 Å². The first-order valence-corrected chi connectivity index (χ1v) is 5.36. The maximum Gasteiger partial charge on any atom is 0.149 e. The van der Waals surface area contributed by atoms with Gasteiger partial charge in [0.25, 0.3) is 0 Å². The first kappa shape index (κ1) is 10.7. The Morgan fingerprint density at radius 3 is 2.50 bits per heavy atom. The van der Waals surface area contributed by atoms with Crippen molar-refractivity contribution >= 4 is 22.2 Å². The Labute approximate surface area is 95.5 Å². The molecule has 0 fully saturated rings. The quantitative estimate of drug-likeness (QED) is 0.781. The molecule has 2 nitrogen and oxygen atoms in total. The van der Waals surface area contributed by atoms with Crippen molar-refractivity contribution in [1.29, 1.82) is 0 Å². The van der Waals surface area contributed by atoms with Crippen LogP contribution in [0.1, 0.15) is 6.92 Å². The van der Waals surface area contributed by atoms with E-state index in [1.165, 1.54) is 10.8 Å². The largest absolute Gasteiger partial charge is 0.367 e. The van der Waals surface area contributed by atoms with Crippen LogP contribution in [0.5, 0.6) is 0 Å². The van der Waals surface area contributed by atoms with Crippen LogP contribution in [-0.2, 0) is 4.79 Å². The summed E-state index contributed by atoms with van der Waals surface area (Å²) >= 11 is 0. The van der Waals surface area contributed by atoms with Gasteiger partial charge >= 0.3 is 0 Å². The Hall–Kier alpha value is -1.83. The molecule has 2 aromatic carbocycles. The third-order valence-corrected chi connectivity index (χ3v) is 2.63. The van der Waals surface area contributed by atoms with Crippen molar-refractivity contribution in [3.05, 3.63) is 42.5 Å². The monoisotopic (exact) mass is 213 g/mol. The number of nitrogens with zero attached hydrogens (tertiary/aromatic N) is 1. The second-order valence-corrected chi connectivity index (χ2v) is 4.09. The standard InChI is InChI=1S/C14H15NO/c1-11(16)10-15(2)14-8-7-12-5-3-4-6-13(12)9-14/h3-9H,10H2,1-2H3. The number of anilines is 1. The lowest BCUT2D eigenvalue weighted by atomic mass is 10.1. The number of carbonyl (C=O) groups excluding carboxylic acids is 1. The lowest BCUT2D eigenvalue weighted by Crippen LogP contribution is -2.23. The van der Waals surface area contributed by atoms with E-state index >= 15 is 0 Å². The SMILES string of the molecule is CC(=O)CN(C)c1ccc2ccccc2c1. The summed E-state index contributed by atoms with van der Waals surface area (Å²) in [7, 11) is 1.94. The number of fused-ring (bicyclic) bond motifs is 1. The van der Waals surface area contributed by atoms with Crippen LogP contribution < -0.4 is 4.90 Å². The topological polar surface area (TPSA) is 20.3 Å². The highest BCUT2D eigenvalue weighted by Crippen LogP contribution is 2.20. The summed E-state index contributed by atoms with van der Waals surface area (Å²) < 4.78 is 0. The summed E-state index contributed by atoms with van der Waals surface area (Å²) in [6.45, 7) is 2.07. The number of benzene rings is 2. The molecule has 0 aliphatic rings. The molecule has 16 heavy (non-hydrogen) atoms. The van der Waals surface area contributed by atoms with E-state index in [-0.39, 0.29) is 5.78 Å². The molecule has 0 aliphatic carbocycles. The molecule has 0 amide bonds. The number of ketones is 1. The molecule has 0 unspecified atom stereocenters. The van der Waals surface area contributed by atoms with Crippen LogP contribution in [0.4, 0.5) is 5.69 Å². The molecular weight excluding hydrogens is 198 g/mol. The maximum absolute atomic E-state index is 11.0. The van der Waals surface area contributed by atoms with Gasteiger partial charge in [-0.15, -0.1) is 0 Å². The van der Waals surface area contributed by atoms with Crippen molar-refractivity contribution in [3.63, 3.8) is 0 Å². The zero-order valence-electron chi connectivity index (χ0n) is 9.60. The van der Waals surface area contributed by atoms with Gasteiger partial charge in [-0.1, -0.05) is 30.3 Å². The minimum absolute atomic E-state index is 0.177. The predicted molar refractivity (Wildman–Crippen MR) is 67.9 cm³/mol. The number of hydrogen-bond donors (Lipinski definition) is 0. The first-order chi connectivity index (χ1) is 7.66. The molecule has 0 aromatic heterocycles. The number of Topliss-reactive ketones (excluding diaryl/α,β-unsaturated/α-hetero) is 1. The van der Waals surface area contributed by atoms with Crippen molar-refractivity contribution in [3.8, 4) is 0 Å². The third-order valence-electron chi connectivity index (χ3n) is 2.63. The van der Waals surface area contributed by atoms with E-state index in [4.69, 9.17) is 0 Å². The second kappa shape index (κ2) is 4.35. The van der Waals surface area contributed by atoms with Gasteiger partial charge in [0.05, 0.1) is 6.54 Å². The van der Waals surface area contributed by atoms with Crippen LogP contribution in [0, 0.1) is 0 Å². The van der Waals surface area contributed by atoms with E-state index in [1.54, 1.807) is 6.92 Å². The van der Waals surface area contributed by atoms with E-state index in [0.29, 0.717) is 6.54 Å². The van der Waals surface area contributed by atoms with Crippen molar-refractivity contribution in [2.75, 3.05) is 18.5 Å². The lowest BCUT2D eigenvalue weighted by Gasteiger charge is -2.17. The highest BCUT2D eigenvalue weighted by Gasteiger charge is 2.03. The van der Waals surface area contributed by atoms with Gasteiger partial charge in [-0.05, 0) is 29.8 Å². The summed E-state index contributed by atoms with van der Waals surface area (Å²) in [6, 6.07) is 14.5. The normalized spacial score (nSPS) is 10.4. The Balaban J connectivity index is 2.35. The molecule has 0 saturated heterocycles. The molecule has 0 N–H and O–H groups in total. The lowest BCUT2D eigenvalue weighted by molar-refractivity contribution is -0.115. The molecule has 82 valence electrons. The van der Waals surface area contributed by atoms with E-state index < -0.39 is 0 Å². The van der Waals surface area contributed by atoms with Crippen LogP contribution in [0.2, 0.25) is 0 Å². The molecule has 0 aliphatic heterocycles. The molecule has 2 aromatic rings. The fraction of sp³-hybridized carbons (Fsp3) is 0.214. The van der Waals surface area contributed by atoms with Crippen molar-refractivity contribution in [2.24, 2.45) is 0 Å². The Morgan fingerprint density at radius 1 is 1.12 bits per heavy atom. The van der Waals surface area contributed by atoms with Crippen molar-refractivity contribution in [1.82, 2.24) is 0 Å². The van der Waals surface area contributed by atoms with Crippen LogP contribution in [0.3, 0.4) is 0 Å². The molecule has 2 rings (SSSR count). The van der Waals surface area contributed by atoms with E-state index in [2.05, 4.69) is 24.3 Å². The van der Waals surface area contributed by atoms with E-state index in [9.17, 15) is 4.79 Å². The van der Waals surface area contributed by atoms with Crippen molar-refractivity contribution < 1.29 is 4.79 Å². The fourth-order valence-corrected chi connectivity index (χ4v) is 1.84. The minimum atomic E-state index is 0.177. The smallest absolute Gasteiger partial charge is 0.149 e. The average Bonchev–Trinajstić information content (AvgIpc) is 2.27. The predicted octanol–water partition coefficient (Wildman–Crippen LogP) is 2.87. The van der Waals surface area contributed by atoms with Gasteiger partial charge in [0.2, 0.25) is 0 Å². The van der Waals surface area contributed by atoms with E-state index in [1.807, 2.05) is 30.1 Å². The van der Waals surface area contributed by atoms with Gasteiger partial charge in [-0.25, -0.2) is 0 Å². The number of rotatable bonds is 3. The Morgan fingerprint density at radius 2 is 1.81 bits per heavy atom. The zero-order chi connectivity index (χ0) is 11.5. The molecule has 0 spiro atoms. The summed E-state index contributed by atoms with van der Waals surface area (Å²) in [4.78, 5) is 13.0. The zero-order valence-corrected chi connectivity index (χ0v) is 9.60. The molecule has 0 bridgehead atoms. The van der Waals surface area contributed by atoms with Crippen LogP contribution in [0.15, 0.2) is 42.5 Å². The molecule has 0 heterocycles.